The van der Waals surface area contributed by atoms with Crippen LogP contribution < -0.4 is 0 Å². The molecule has 22 heavy (non-hydrogen) atoms. The van der Waals surface area contributed by atoms with E-state index >= 15 is 0 Å². The molecule has 3 rings (SSSR count). The second-order valence-electron chi connectivity index (χ2n) is 7.08. The molecule has 0 radical (unpaired) electrons. The Morgan fingerprint density at radius 1 is 1.36 bits per heavy atom. The van der Waals surface area contributed by atoms with E-state index in [9.17, 15) is 9.90 Å². The van der Waals surface area contributed by atoms with Gasteiger partial charge < -0.3 is 5.11 Å². The summed E-state index contributed by atoms with van der Waals surface area (Å²) in [6.45, 7) is 4.21. The summed E-state index contributed by atoms with van der Waals surface area (Å²) in [6.07, 6.45) is 5.16. The fourth-order valence-corrected chi connectivity index (χ4v) is 4.75. The van der Waals surface area contributed by atoms with Gasteiger partial charge in [-0.2, -0.15) is 0 Å². The van der Waals surface area contributed by atoms with Gasteiger partial charge in [-0.05, 0) is 66.9 Å². The summed E-state index contributed by atoms with van der Waals surface area (Å²) < 4.78 is 1.03. The summed E-state index contributed by atoms with van der Waals surface area (Å²) >= 11 is 3.48. The molecule has 1 aromatic rings. The molecular formula is C19H23BrO2. The standard InChI is InChI=1S/C19H23BrO2/c1-12-16-7-6-14(10-13-4-3-5-15(20)11-13)18(22)19(16,2)9-8-17(12)21/h3-5,10-12,16-17,21H,6-9H2,1-2H3/b14-10+/t12-,16?,17?,19-/m0/s1. The third-order valence-corrected chi connectivity index (χ3v) is 6.24. The predicted molar refractivity (Wildman–Crippen MR) is 92.4 cm³/mol. The van der Waals surface area contributed by atoms with E-state index in [0.717, 1.165) is 41.3 Å². The lowest BCUT2D eigenvalue weighted by Gasteiger charge is -2.49. The highest BCUT2D eigenvalue weighted by Crippen LogP contribution is 2.52. The van der Waals surface area contributed by atoms with Gasteiger partial charge in [0.15, 0.2) is 5.78 Å². The van der Waals surface area contributed by atoms with Crippen LogP contribution in [0.5, 0.6) is 0 Å². The van der Waals surface area contributed by atoms with Crippen LogP contribution >= 0.6 is 15.9 Å². The molecule has 2 nitrogen and oxygen atoms in total. The normalized spacial score (nSPS) is 37.2. The van der Waals surface area contributed by atoms with Crippen LogP contribution in [0.3, 0.4) is 0 Å². The van der Waals surface area contributed by atoms with Crippen molar-refractivity contribution >= 4 is 27.8 Å². The maximum atomic E-state index is 13.1. The molecule has 4 atom stereocenters. The van der Waals surface area contributed by atoms with Crippen molar-refractivity contribution in [3.63, 3.8) is 0 Å². The second-order valence-corrected chi connectivity index (χ2v) is 8.00. The minimum Gasteiger partial charge on any atom is -0.393 e. The Kier molecular flexibility index (Phi) is 4.30. The van der Waals surface area contributed by atoms with Crippen molar-refractivity contribution in [2.24, 2.45) is 17.3 Å². The molecule has 0 amide bonds. The molecular weight excluding hydrogens is 340 g/mol. The number of benzene rings is 1. The van der Waals surface area contributed by atoms with Crippen LogP contribution in [0.25, 0.3) is 6.08 Å². The van der Waals surface area contributed by atoms with E-state index in [0.29, 0.717) is 11.7 Å². The van der Waals surface area contributed by atoms with E-state index in [1.54, 1.807) is 0 Å². The van der Waals surface area contributed by atoms with Crippen LogP contribution in [0.2, 0.25) is 0 Å². The number of carbonyl (C=O) groups is 1. The van der Waals surface area contributed by atoms with Crippen molar-refractivity contribution < 1.29 is 9.90 Å². The SMILES string of the molecule is C[C@@H]1C(O)CC[C@]2(C)C(=O)/C(=C/c3cccc(Br)c3)CCC12. The molecule has 0 bridgehead atoms. The van der Waals surface area contributed by atoms with Crippen LogP contribution in [-0.2, 0) is 4.79 Å². The summed E-state index contributed by atoms with van der Waals surface area (Å²) in [6, 6.07) is 8.06. The van der Waals surface area contributed by atoms with Crippen LogP contribution in [-0.4, -0.2) is 17.0 Å². The number of fused-ring (bicyclic) bond motifs is 1. The van der Waals surface area contributed by atoms with Gasteiger partial charge in [0.25, 0.3) is 0 Å². The average Bonchev–Trinajstić information content (AvgIpc) is 2.48. The van der Waals surface area contributed by atoms with Crippen molar-refractivity contribution in [3.05, 3.63) is 39.9 Å². The van der Waals surface area contributed by atoms with E-state index in [2.05, 4.69) is 29.8 Å². The fraction of sp³-hybridized carbons (Fsp3) is 0.526. The lowest BCUT2D eigenvalue weighted by Crippen LogP contribution is -2.50. The van der Waals surface area contributed by atoms with Gasteiger partial charge in [-0.1, -0.05) is 41.9 Å². The van der Waals surface area contributed by atoms with Crippen LogP contribution in [0, 0.1) is 17.3 Å². The zero-order valence-electron chi connectivity index (χ0n) is 13.2. The van der Waals surface area contributed by atoms with Gasteiger partial charge in [0, 0.05) is 9.89 Å². The highest BCUT2D eigenvalue weighted by atomic mass is 79.9. The van der Waals surface area contributed by atoms with E-state index in [4.69, 9.17) is 0 Å². The number of halogens is 1. The van der Waals surface area contributed by atoms with Crippen LogP contribution in [0.4, 0.5) is 0 Å². The zero-order valence-corrected chi connectivity index (χ0v) is 14.8. The first kappa shape index (κ1) is 15.9. The smallest absolute Gasteiger partial charge is 0.165 e. The van der Waals surface area contributed by atoms with E-state index in [-0.39, 0.29) is 17.4 Å². The van der Waals surface area contributed by atoms with E-state index < -0.39 is 0 Å². The van der Waals surface area contributed by atoms with Gasteiger partial charge in [-0.3, -0.25) is 4.79 Å². The number of ketones is 1. The summed E-state index contributed by atoms with van der Waals surface area (Å²) in [5, 5.41) is 10.1. The fourth-order valence-electron chi connectivity index (χ4n) is 4.33. The van der Waals surface area contributed by atoms with Gasteiger partial charge in [-0.25, -0.2) is 0 Å². The van der Waals surface area contributed by atoms with E-state index in [1.807, 2.05) is 30.3 Å². The summed E-state index contributed by atoms with van der Waals surface area (Å²) in [5.41, 5.74) is 1.72. The lowest BCUT2D eigenvalue weighted by molar-refractivity contribution is -0.137. The number of hydrogen-bond acceptors (Lipinski definition) is 2. The number of hydrogen-bond donors (Lipinski definition) is 1. The van der Waals surface area contributed by atoms with Gasteiger partial charge in [0.2, 0.25) is 0 Å². The Labute approximate surface area is 140 Å². The first-order chi connectivity index (χ1) is 10.4. The summed E-state index contributed by atoms with van der Waals surface area (Å²) in [5.74, 6) is 0.820. The topological polar surface area (TPSA) is 37.3 Å². The molecule has 2 aliphatic rings. The monoisotopic (exact) mass is 362 g/mol. The molecule has 0 aromatic heterocycles. The number of rotatable bonds is 1. The van der Waals surface area contributed by atoms with Crippen molar-refractivity contribution in [2.75, 3.05) is 0 Å². The number of aliphatic hydroxyl groups excluding tert-OH is 1. The zero-order chi connectivity index (χ0) is 15.9. The third kappa shape index (κ3) is 2.69. The number of carbonyl (C=O) groups excluding carboxylic acids is 1. The molecule has 118 valence electrons. The molecule has 0 saturated heterocycles. The molecule has 0 aliphatic heterocycles. The Bertz CT molecular complexity index is 622. The minimum atomic E-state index is -0.297. The Morgan fingerprint density at radius 3 is 2.86 bits per heavy atom. The molecule has 2 fully saturated rings. The second kappa shape index (κ2) is 5.93. The molecule has 1 aromatic carbocycles. The summed E-state index contributed by atoms with van der Waals surface area (Å²) in [4.78, 5) is 13.1. The predicted octanol–water partition coefficient (Wildman–Crippen LogP) is 4.61. The largest absolute Gasteiger partial charge is 0.393 e. The van der Waals surface area contributed by atoms with Gasteiger partial charge >= 0.3 is 0 Å². The molecule has 0 spiro atoms. The Morgan fingerprint density at radius 2 is 2.14 bits per heavy atom. The third-order valence-electron chi connectivity index (χ3n) is 5.74. The van der Waals surface area contributed by atoms with Crippen molar-refractivity contribution in [1.82, 2.24) is 0 Å². The average molecular weight is 363 g/mol. The first-order valence-corrected chi connectivity index (χ1v) is 8.90. The highest BCUT2D eigenvalue weighted by Gasteiger charge is 2.51. The van der Waals surface area contributed by atoms with Crippen molar-refractivity contribution in [2.45, 2.75) is 45.6 Å². The van der Waals surface area contributed by atoms with E-state index in [1.165, 1.54) is 0 Å². The summed E-state index contributed by atoms with van der Waals surface area (Å²) in [7, 11) is 0. The van der Waals surface area contributed by atoms with Gasteiger partial charge in [0.05, 0.1) is 6.10 Å². The van der Waals surface area contributed by atoms with Gasteiger partial charge in [0.1, 0.15) is 0 Å². The number of Topliss-reactive ketones (excluding diaryl/α,β-unsaturated/α-hetero) is 1. The number of aliphatic hydroxyl groups is 1. The molecule has 2 aliphatic carbocycles. The molecule has 0 heterocycles. The quantitative estimate of drug-likeness (QED) is 0.740. The lowest BCUT2D eigenvalue weighted by atomic mass is 9.55. The van der Waals surface area contributed by atoms with Crippen LogP contribution in [0.15, 0.2) is 34.3 Å². The molecule has 1 N–H and O–H groups in total. The van der Waals surface area contributed by atoms with Crippen molar-refractivity contribution in [1.29, 1.82) is 0 Å². The maximum absolute atomic E-state index is 13.1. The highest BCUT2D eigenvalue weighted by molar-refractivity contribution is 9.10. The van der Waals surface area contributed by atoms with Crippen LogP contribution in [0.1, 0.15) is 45.1 Å². The van der Waals surface area contributed by atoms with Crippen molar-refractivity contribution in [3.8, 4) is 0 Å². The van der Waals surface area contributed by atoms with Gasteiger partial charge in [-0.15, -0.1) is 0 Å². The molecule has 2 saturated carbocycles. The molecule has 3 heteroatoms. The Balaban J connectivity index is 1.90. The number of allylic oxidation sites excluding steroid dienone is 1. The maximum Gasteiger partial charge on any atom is 0.165 e. The molecule has 2 unspecified atom stereocenters. The minimum absolute atomic E-state index is 0.218. The Hall–Kier alpha value is -0.930. The first-order valence-electron chi connectivity index (χ1n) is 8.11.